The summed E-state index contributed by atoms with van der Waals surface area (Å²) < 4.78 is 5.21. The molecule has 2 aromatic heterocycles. The lowest BCUT2D eigenvalue weighted by Crippen LogP contribution is -2.58. The van der Waals surface area contributed by atoms with E-state index in [1.165, 1.54) is 18.3 Å². The van der Waals surface area contributed by atoms with Crippen LogP contribution in [0.15, 0.2) is 30.5 Å². The summed E-state index contributed by atoms with van der Waals surface area (Å²) >= 11 is 0. The first-order valence-electron chi connectivity index (χ1n) is 30.0. The molecule has 0 unspecified atom stereocenters. The number of esters is 1. The zero-order chi connectivity index (χ0) is 69.7. The standard InChI is InChI=1S/C57H84N14O21S2/c1-31-48-49(71-57(59)64-31)63-27-34(65-48)26-62-33-10-8-32(9-11-33)50(83)69-41(55(88)89)16-21-47(82)92-24-25-93-94-30-42(56(90)91)70-54(87)39(14-18-44(77)61-23-5-3-7-36(75)29-73)67-53(86)40(15-20-46(80)81)68-52(85)38(66-51(84)37(58)12-19-45(78)79)13-17-43(76)60-22-4-2-6-35(74)28-72/h8-11,27,35-42,62,72-75H,2-7,12-26,28-30,58H2,1H3,(H,60,76)(H,61,77)(H,66,84)(H,67,86)(H,68,85)(H,69,83)(H,70,87)(H,78,79)(H,80,81)(H,88,89)(H,90,91)(H2,59,63,64,71)/t35-,36-,37-,38-,39-,40-,41-,42-/m0/s1. The lowest BCUT2D eigenvalue weighted by atomic mass is 10.0. The summed E-state index contributed by atoms with van der Waals surface area (Å²) in [5.74, 6) is -13.2. The van der Waals surface area contributed by atoms with Crippen LogP contribution in [0.1, 0.15) is 124 Å². The molecule has 3 aromatic rings. The number of carbonyl (C=O) groups excluding carboxylic acids is 8. The van der Waals surface area contributed by atoms with Crippen LogP contribution in [0.4, 0.5) is 11.6 Å². The maximum Gasteiger partial charge on any atom is 0.327 e. The van der Waals surface area contributed by atoms with Crippen molar-refractivity contribution < 1.29 is 103 Å². The highest BCUT2D eigenvalue weighted by atomic mass is 33.1. The van der Waals surface area contributed by atoms with E-state index in [0.717, 1.165) is 21.6 Å². The molecule has 0 saturated heterocycles. The number of unbranched alkanes of at least 4 members (excludes halogenated alkanes) is 2. The molecule has 520 valence electrons. The third-order valence-electron chi connectivity index (χ3n) is 13.7. The van der Waals surface area contributed by atoms with E-state index in [2.05, 4.69) is 62.5 Å². The van der Waals surface area contributed by atoms with Crippen LogP contribution in [0.5, 0.6) is 0 Å². The van der Waals surface area contributed by atoms with Crippen molar-refractivity contribution in [2.45, 2.75) is 165 Å². The predicted octanol–water partition coefficient (Wildman–Crippen LogP) is -2.27. The van der Waals surface area contributed by atoms with Crippen molar-refractivity contribution in [3.05, 3.63) is 47.4 Å². The van der Waals surface area contributed by atoms with Crippen LogP contribution in [0.3, 0.4) is 0 Å². The number of carboxylic acids is 4. The van der Waals surface area contributed by atoms with E-state index in [4.69, 9.17) is 31.5 Å². The van der Waals surface area contributed by atoms with Crippen molar-refractivity contribution in [3.63, 3.8) is 0 Å². The van der Waals surface area contributed by atoms with Crippen molar-refractivity contribution in [2.75, 3.05) is 55.5 Å². The Morgan fingerprint density at radius 1 is 0.574 bits per heavy atom. The van der Waals surface area contributed by atoms with Crippen molar-refractivity contribution in [1.29, 1.82) is 0 Å². The van der Waals surface area contributed by atoms with Crippen molar-refractivity contribution in [3.8, 4) is 0 Å². The minimum absolute atomic E-state index is 0.0637. The molecule has 35 nitrogen and oxygen atoms in total. The normalized spacial score (nSPS) is 13.6. The molecule has 0 aliphatic heterocycles. The van der Waals surface area contributed by atoms with Gasteiger partial charge in [0, 0.05) is 68.0 Å². The molecule has 20 N–H and O–H groups in total. The number of hydrogen-bond acceptors (Lipinski definition) is 26. The number of carbonyl (C=O) groups is 12. The van der Waals surface area contributed by atoms with Gasteiger partial charge in [0.15, 0.2) is 5.65 Å². The minimum atomic E-state index is -1.81. The maximum atomic E-state index is 14.1. The number of aromatic nitrogens is 4. The van der Waals surface area contributed by atoms with Gasteiger partial charge in [-0.1, -0.05) is 21.6 Å². The number of ether oxygens (including phenoxy) is 1. The summed E-state index contributed by atoms with van der Waals surface area (Å²) in [6, 6.07) is -3.71. The molecule has 0 spiro atoms. The Morgan fingerprint density at radius 2 is 1.07 bits per heavy atom. The molecule has 0 aliphatic rings. The first-order valence-corrected chi connectivity index (χ1v) is 32.5. The summed E-state index contributed by atoms with van der Waals surface area (Å²) in [5, 5.41) is 96.0. The summed E-state index contributed by atoms with van der Waals surface area (Å²) in [5.41, 5.74) is 14.3. The number of benzene rings is 1. The van der Waals surface area contributed by atoms with Crippen molar-refractivity contribution in [2.24, 2.45) is 5.73 Å². The highest BCUT2D eigenvalue weighted by Gasteiger charge is 2.33. The number of nitrogens with two attached hydrogens (primary N) is 2. The average molecular weight is 1370 g/mol. The quantitative estimate of drug-likeness (QED) is 0.0161. The zero-order valence-electron chi connectivity index (χ0n) is 51.6. The number of carboxylic acid groups (broad SMARTS) is 4. The van der Waals surface area contributed by atoms with Crippen molar-refractivity contribution in [1.82, 2.24) is 57.2 Å². The van der Waals surface area contributed by atoms with Gasteiger partial charge >= 0.3 is 29.8 Å². The van der Waals surface area contributed by atoms with Crippen LogP contribution in [-0.2, 0) is 64.0 Å². The van der Waals surface area contributed by atoms with Crippen LogP contribution >= 0.6 is 21.6 Å². The Kier molecular flexibility index (Phi) is 36.7. The molecule has 3 rings (SSSR count). The molecule has 0 bridgehead atoms. The molecule has 37 heteroatoms. The van der Waals surface area contributed by atoms with Gasteiger partial charge in [-0.3, -0.25) is 47.9 Å². The second kappa shape index (κ2) is 43.3. The average Bonchev–Trinajstić information content (AvgIpc) is 1.11. The van der Waals surface area contributed by atoms with Gasteiger partial charge in [-0.25, -0.2) is 24.5 Å². The summed E-state index contributed by atoms with van der Waals surface area (Å²) in [6.45, 7) is 1.06. The van der Waals surface area contributed by atoms with Crippen molar-refractivity contribution >= 4 is 116 Å². The number of fused-ring (bicyclic) bond motifs is 1. The van der Waals surface area contributed by atoms with Gasteiger partial charge in [0.05, 0.1) is 55.6 Å². The molecule has 0 saturated carbocycles. The molecule has 2 heterocycles. The number of nitrogens with zero attached hydrogens (tertiary/aromatic N) is 4. The number of hydrogen-bond donors (Lipinski definition) is 18. The number of aryl methyl sites for hydroxylation is 1. The third-order valence-corrected chi connectivity index (χ3v) is 16.1. The summed E-state index contributed by atoms with van der Waals surface area (Å²) in [7, 11) is 1.94. The van der Waals surface area contributed by atoms with Crippen LogP contribution in [-0.4, -0.2) is 225 Å². The molecular formula is C57H84N14O21S2. The van der Waals surface area contributed by atoms with E-state index in [-0.39, 0.29) is 74.9 Å². The Bertz CT molecular complexity index is 3030. The largest absolute Gasteiger partial charge is 0.481 e. The van der Waals surface area contributed by atoms with E-state index < -0.39 is 184 Å². The zero-order valence-corrected chi connectivity index (χ0v) is 53.3. The molecule has 7 amide bonds. The topological polar surface area (TPSA) is 576 Å². The second-order valence-electron chi connectivity index (χ2n) is 21.4. The van der Waals surface area contributed by atoms with Crippen LogP contribution in [0.25, 0.3) is 11.2 Å². The van der Waals surface area contributed by atoms with Gasteiger partial charge in [0.25, 0.3) is 5.91 Å². The number of nitrogen functional groups attached to an aromatic ring is 1. The minimum Gasteiger partial charge on any atom is -0.481 e. The Hall–Kier alpha value is -8.62. The molecule has 0 radical (unpaired) electrons. The van der Waals surface area contributed by atoms with Crippen LogP contribution in [0, 0.1) is 6.92 Å². The predicted molar refractivity (Wildman–Crippen MR) is 337 cm³/mol. The number of aliphatic hydroxyl groups is 4. The summed E-state index contributed by atoms with van der Waals surface area (Å²) in [4.78, 5) is 171. The van der Waals surface area contributed by atoms with Gasteiger partial charge in [0.2, 0.25) is 41.4 Å². The SMILES string of the molecule is Cc1nc(N)nc2ncc(CNc3ccc(C(=O)N[C@@H](CCC(=O)OCCSSC[C@H](NC(=O)[C@H](CCC(=O)NCCCC[C@H](O)CO)NC(=O)[C@H](CCC(=O)O)NC(=O)[C@H](CCC(=O)NCCCC[C@H](O)CO)NC(=O)[C@@H](N)CCC(=O)O)C(=O)O)C(=O)O)cc3)nc12. The van der Waals surface area contributed by atoms with E-state index in [0.29, 0.717) is 53.9 Å². The molecule has 0 aliphatic carbocycles. The van der Waals surface area contributed by atoms with E-state index in [1.807, 2.05) is 0 Å². The van der Waals surface area contributed by atoms with E-state index >= 15 is 0 Å². The maximum absolute atomic E-state index is 14.1. The van der Waals surface area contributed by atoms with Gasteiger partial charge in [0.1, 0.15) is 42.3 Å². The molecule has 94 heavy (non-hydrogen) atoms. The fourth-order valence-corrected chi connectivity index (χ4v) is 10.4. The Labute approximate surface area is 547 Å². The fraction of sp³-hybridized carbons (Fsp3) is 0.579. The van der Waals surface area contributed by atoms with Gasteiger partial charge in [-0.05, 0) is 102 Å². The number of amides is 7. The smallest absolute Gasteiger partial charge is 0.327 e. The lowest BCUT2D eigenvalue weighted by molar-refractivity contribution is -0.144. The van der Waals surface area contributed by atoms with E-state index in [9.17, 15) is 83.1 Å². The van der Waals surface area contributed by atoms with Gasteiger partial charge in [-0.15, -0.1) is 0 Å². The number of anilines is 2. The fourth-order valence-electron chi connectivity index (χ4n) is 8.45. The van der Waals surface area contributed by atoms with Gasteiger partial charge in [-0.2, -0.15) is 4.98 Å². The molecule has 0 fully saturated rings. The molecular weight excluding hydrogens is 1280 g/mol. The Morgan fingerprint density at radius 3 is 1.60 bits per heavy atom. The third kappa shape index (κ3) is 31.8. The van der Waals surface area contributed by atoms with E-state index in [1.54, 1.807) is 19.1 Å². The lowest BCUT2D eigenvalue weighted by Gasteiger charge is -2.26. The highest BCUT2D eigenvalue weighted by molar-refractivity contribution is 8.76. The number of rotatable bonds is 48. The first-order chi connectivity index (χ1) is 44.7. The van der Waals surface area contributed by atoms with Gasteiger partial charge < -0.3 is 99.6 Å². The number of aliphatic hydroxyl groups excluding tert-OH is 4. The van der Waals surface area contributed by atoms with Crippen LogP contribution in [0.2, 0.25) is 0 Å². The molecule has 1 aromatic carbocycles. The number of aliphatic carboxylic acids is 4. The second-order valence-corrected chi connectivity index (χ2v) is 24.0. The highest BCUT2D eigenvalue weighted by Crippen LogP contribution is 2.23. The monoisotopic (exact) mass is 1360 g/mol. The number of nitrogens with one attached hydrogen (secondary N) is 8. The first kappa shape index (κ1) is 79.6. The Balaban J connectivity index is 1.64. The summed E-state index contributed by atoms with van der Waals surface area (Å²) in [6.07, 6.45) is -3.18. The molecule has 8 atom stereocenters. The van der Waals surface area contributed by atoms with Crippen LogP contribution < -0.4 is 54.0 Å².